The molecule has 0 radical (unpaired) electrons. The molecule has 1 aromatic heterocycles. The summed E-state index contributed by atoms with van der Waals surface area (Å²) in [6, 6.07) is 8.08. The van der Waals surface area contributed by atoms with Crippen LogP contribution >= 0.6 is 0 Å². The van der Waals surface area contributed by atoms with E-state index in [-0.39, 0.29) is 5.92 Å². The number of aryl methyl sites for hydroxylation is 1. The molecule has 2 aromatic rings. The summed E-state index contributed by atoms with van der Waals surface area (Å²) in [5, 5.41) is 9.62. The average molecular weight is 439 g/mol. The van der Waals surface area contributed by atoms with Gasteiger partial charge >= 0.3 is 5.97 Å². The number of unbranched alkanes of at least 4 members (excludes halogenated alkanes) is 9. The van der Waals surface area contributed by atoms with Gasteiger partial charge in [-0.15, -0.1) is 0 Å². The number of carboxylic acid groups (broad SMARTS) is 1. The molecule has 0 saturated carbocycles. The van der Waals surface area contributed by atoms with Crippen LogP contribution in [0.1, 0.15) is 102 Å². The summed E-state index contributed by atoms with van der Waals surface area (Å²) in [7, 11) is 0. The number of rotatable bonds is 17. The topological polar surface area (TPSA) is 63.1 Å². The Morgan fingerprint density at radius 2 is 1.34 bits per heavy atom. The summed E-state index contributed by atoms with van der Waals surface area (Å²) in [6.45, 7) is 4.45. The third-order valence-electron chi connectivity index (χ3n) is 6.22. The monoisotopic (exact) mass is 438 g/mol. The highest BCUT2D eigenvalue weighted by atomic mass is 16.4. The zero-order valence-corrected chi connectivity index (χ0v) is 20.2. The summed E-state index contributed by atoms with van der Waals surface area (Å²) >= 11 is 0. The molecule has 0 fully saturated rings. The number of carbonyl (C=O) groups is 1. The fourth-order valence-electron chi connectivity index (χ4n) is 4.12. The van der Waals surface area contributed by atoms with E-state index in [1.165, 1.54) is 63.4 Å². The van der Waals surface area contributed by atoms with E-state index < -0.39 is 5.97 Å². The highest BCUT2D eigenvalue weighted by Crippen LogP contribution is 2.21. The Morgan fingerprint density at radius 3 is 1.94 bits per heavy atom. The van der Waals surface area contributed by atoms with Gasteiger partial charge in [0.15, 0.2) is 5.82 Å². The molecule has 0 unspecified atom stereocenters. The molecule has 176 valence electrons. The third-order valence-corrected chi connectivity index (χ3v) is 6.22. The molecule has 1 heterocycles. The first-order valence-corrected chi connectivity index (χ1v) is 12.8. The van der Waals surface area contributed by atoms with Crippen LogP contribution in [0.15, 0.2) is 36.7 Å². The van der Waals surface area contributed by atoms with Crippen LogP contribution < -0.4 is 0 Å². The van der Waals surface area contributed by atoms with Crippen molar-refractivity contribution >= 4 is 5.97 Å². The van der Waals surface area contributed by atoms with E-state index in [4.69, 9.17) is 0 Å². The van der Waals surface area contributed by atoms with Crippen molar-refractivity contribution in [1.29, 1.82) is 0 Å². The van der Waals surface area contributed by atoms with E-state index in [9.17, 15) is 9.90 Å². The lowest BCUT2D eigenvalue weighted by Crippen LogP contribution is -2.16. The molecular weight excluding hydrogens is 396 g/mol. The van der Waals surface area contributed by atoms with E-state index >= 15 is 0 Å². The maximum Gasteiger partial charge on any atom is 0.306 e. The second-order valence-electron chi connectivity index (χ2n) is 9.07. The van der Waals surface area contributed by atoms with Gasteiger partial charge in [0.2, 0.25) is 0 Å². The van der Waals surface area contributed by atoms with Crippen molar-refractivity contribution in [2.75, 3.05) is 0 Å². The molecule has 4 heteroatoms. The maximum absolute atomic E-state index is 11.7. The Balaban J connectivity index is 1.82. The Labute approximate surface area is 194 Å². The van der Waals surface area contributed by atoms with Gasteiger partial charge in [-0.3, -0.25) is 4.79 Å². The number of nitrogens with zero attached hydrogens (tertiary/aromatic N) is 2. The van der Waals surface area contributed by atoms with E-state index in [0.29, 0.717) is 6.42 Å². The van der Waals surface area contributed by atoms with E-state index in [1.807, 2.05) is 36.7 Å². The minimum Gasteiger partial charge on any atom is -0.481 e. The molecule has 0 bridgehead atoms. The third kappa shape index (κ3) is 9.93. The Morgan fingerprint density at radius 1 is 0.781 bits per heavy atom. The number of hydrogen-bond donors (Lipinski definition) is 1. The van der Waals surface area contributed by atoms with Gasteiger partial charge in [-0.05, 0) is 36.8 Å². The largest absolute Gasteiger partial charge is 0.481 e. The fraction of sp³-hybridized carbons (Fsp3) is 0.607. The van der Waals surface area contributed by atoms with Gasteiger partial charge in [-0.25, -0.2) is 9.97 Å². The zero-order chi connectivity index (χ0) is 23.0. The van der Waals surface area contributed by atoms with Crippen molar-refractivity contribution in [3.8, 4) is 11.4 Å². The molecule has 0 saturated heterocycles. The molecule has 1 atom stereocenters. The first kappa shape index (κ1) is 26.0. The summed E-state index contributed by atoms with van der Waals surface area (Å²) in [5.74, 6) is -0.260. The van der Waals surface area contributed by atoms with Crippen molar-refractivity contribution < 1.29 is 9.90 Å². The smallest absolute Gasteiger partial charge is 0.306 e. The number of aliphatic carboxylic acids is 1. The molecule has 0 amide bonds. The molecule has 0 aliphatic rings. The van der Waals surface area contributed by atoms with Gasteiger partial charge in [0.25, 0.3) is 0 Å². The van der Waals surface area contributed by atoms with Gasteiger partial charge in [0, 0.05) is 18.0 Å². The molecule has 0 aliphatic carbocycles. The fourth-order valence-corrected chi connectivity index (χ4v) is 4.12. The average Bonchev–Trinajstić information content (AvgIpc) is 2.81. The summed E-state index contributed by atoms with van der Waals surface area (Å²) in [6.07, 6.45) is 19.8. The molecular formula is C28H42N2O2. The van der Waals surface area contributed by atoms with Crippen LogP contribution in [0.3, 0.4) is 0 Å². The van der Waals surface area contributed by atoms with Crippen LogP contribution in [0.5, 0.6) is 0 Å². The molecule has 0 aliphatic heterocycles. The lowest BCUT2D eigenvalue weighted by molar-refractivity contribution is -0.142. The summed E-state index contributed by atoms with van der Waals surface area (Å²) in [4.78, 5) is 20.8. The van der Waals surface area contributed by atoms with Crippen molar-refractivity contribution in [2.24, 2.45) is 5.92 Å². The lowest BCUT2D eigenvalue weighted by Gasteiger charge is -2.13. The predicted molar refractivity (Wildman–Crippen MR) is 133 cm³/mol. The van der Waals surface area contributed by atoms with Crippen LogP contribution in [-0.4, -0.2) is 21.0 Å². The first-order chi connectivity index (χ1) is 15.6. The number of hydrogen-bond acceptors (Lipinski definition) is 3. The zero-order valence-electron chi connectivity index (χ0n) is 20.2. The SMILES string of the molecule is CCCCCCCC[C@H](Cc1ccc(-c2ncc(CCCCCCC)cn2)cc1)C(=O)O. The predicted octanol–water partition coefficient (Wildman–Crippen LogP) is 7.65. The van der Waals surface area contributed by atoms with Gasteiger partial charge < -0.3 is 5.11 Å². The van der Waals surface area contributed by atoms with Crippen LogP contribution in [0.2, 0.25) is 0 Å². The van der Waals surface area contributed by atoms with Crippen molar-refractivity contribution in [3.05, 3.63) is 47.8 Å². The Kier molecular flexibility index (Phi) is 12.6. The molecule has 32 heavy (non-hydrogen) atoms. The van der Waals surface area contributed by atoms with E-state index in [0.717, 1.165) is 42.6 Å². The standard InChI is InChI=1S/C28H42N2O2/c1-3-5-7-9-11-13-15-26(28(31)32)20-23-16-18-25(19-17-23)27-29-21-24(22-30-27)14-12-10-8-6-4-2/h16-19,21-22,26H,3-15,20H2,1-2H3,(H,31,32)/t26-/m1/s1. The molecule has 2 rings (SSSR count). The second-order valence-corrected chi connectivity index (χ2v) is 9.07. The molecule has 0 spiro atoms. The minimum absolute atomic E-state index is 0.306. The molecule has 1 aromatic carbocycles. The quantitative estimate of drug-likeness (QED) is 0.258. The highest BCUT2D eigenvalue weighted by Gasteiger charge is 2.17. The number of aromatic nitrogens is 2. The lowest BCUT2D eigenvalue weighted by atomic mass is 9.93. The van der Waals surface area contributed by atoms with Gasteiger partial charge in [0.1, 0.15) is 0 Å². The van der Waals surface area contributed by atoms with Crippen LogP contribution in [0.25, 0.3) is 11.4 Å². The number of carboxylic acids is 1. The van der Waals surface area contributed by atoms with Crippen molar-refractivity contribution in [2.45, 2.75) is 104 Å². The first-order valence-electron chi connectivity index (χ1n) is 12.8. The van der Waals surface area contributed by atoms with Crippen molar-refractivity contribution in [3.63, 3.8) is 0 Å². The van der Waals surface area contributed by atoms with Gasteiger partial charge in [0.05, 0.1) is 5.92 Å². The highest BCUT2D eigenvalue weighted by molar-refractivity contribution is 5.70. The van der Waals surface area contributed by atoms with Crippen LogP contribution in [-0.2, 0) is 17.6 Å². The number of benzene rings is 1. The van der Waals surface area contributed by atoms with Crippen LogP contribution in [0, 0.1) is 5.92 Å². The van der Waals surface area contributed by atoms with E-state index in [2.05, 4.69) is 23.8 Å². The van der Waals surface area contributed by atoms with Crippen LogP contribution in [0.4, 0.5) is 0 Å². The maximum atomic E-state index is 11.7. The Hall–Kier alpha value is -2.23. The van der Waals surface area contributed by atoms with Gasteiger partial charge in [-0.2, -0.15) is 0 Å². The summed E-state index contributed by atoms with van der Waals surface area (Å²) in [5.41, 5.74) is 3.24. The normalized spacial score (nSPS) is 12.1. The van der Waals surface area contributed by atoms with Gasteiger partial charge in [-0.1, -0.05) is 102 Å². The Bertz CT molecular complexity index is 756. The molecule has 4 nitrogen and oxygen atoms in total. The summed E-state index contributed by atoms with van der Waals surface area (Å²) < 4.78 is 0. The second kappa shape index (κ2) is 15.6. The van der Waals surface area contributed by atoms with Crippen molar-refractivity contribution in [1.82, 2.24) is 9.97 Å². The minimum atomic E-state index is -0.684. The molecule has 1 N–H and O–H groups in total. The van der Waals surface area contributed by atoms with E-state index in [1.54, 1.807) is 0 Å².